The van der Waals surface area contributed by atoms with Crippen molar-refractivity contribution in [3.05, 3.63) is 39.9 Å². The van der Waals surface area contributed by atoms with Gasteiger partial charge < -0.3 is 16.2 Å². The van der Waals surface area contributed by atoms with Crippen LogP contribution in [0.4, 0.5) is 5.00 Å². The molecule has 1 aromatic carbocycles. The summed E-state index contributed by atoms with van der Waals surface area (Å²) in [6.45, 7) is 3.96. The van der Waals surface area contributed by atoms with Gasteiger partial charge in [-0.1, -0.05) is 17.7 Å². The number of guanidine groups is 1. The van der Waals surface area contributed by atoms with Crippen LogP contribution in [0.1, 0.15) is 22.9 Å². The number of nitrogens with one attached hydrogen (secondary N) is 1. The van der Waals surface area contributed by atoms with E-state index in [4.69, 9.17) is 17.3 Å². The predicted octanol–water partition coefficient (Wildman–Crippen LogP) is 3.42. The number of benzene rings is 1. The molecule has 1 aliphatic rings. The molecule has 0 radical (unpaired) electrons. The van der Waals surface area contributed by atoms with Gasteiger partial charge in [-0.2, -0.15) is 0 Å². The first-order valence-corrected chi connectivity index (χ1v) is 7.35. The van der Waals surface area contributed by atoms with E-state index >= 15 is 0 Å². The fraction of sp³-hybridized carbons (Fsp3) is 0.214. The molecular weight excluding hydrogens is 294 g/mol. The molecule has 0 bridgehead atoms. The van der Waals surface area contributed by atoms with Crippen LogP contribution in [0.5, 0.6) is 0 Å². The Kier molecular flexibility index (Phi) is 3.20. The normalized spacial score (nSPS) is 17.4. The third kappa shape index (κ3) is 2.08. The molecule has 1 aliphatic heterocycles. The van der Waals surface area contributed by atoms with Gasteiger partial charge in [-0.15, -0.1) is 11.3 Å². The lowest BCUT2D eigenvalue weighted by atomic mass is 10.0. The highest BCUT2D eigenvalue weighted by molar-refractivity contribution is 7.20. The number of nitrogens with zero attached hydrogens (tertiary/aromatic N) is 1. The van der Waals surface area contributed by atoms with Crippen molar-refractivity contribution in [3.63, 3.8) is 0 Å². The molecule has 2 heterocycles. The summed E-state index contributed by atoms with van der Waals surface area (Å²) in [6, 6.07) is 5.92. The molecule has 6 heteroatoms. The van der Waals surface area contributed by atoms with E-state index in [1.165, 1.54) is 0 Å². The highest BCUT2D eigenvalue weighted by atomic mass is 35.5. The SMILES string of the molecule is Cc1cc(-c2sc3c(c2C)C(O)N=C(N)N3)ccc1Cl. The number of aryl methyl sites for hydroxylation is 1. The molecule has 0 fully saturated rings. The van der Waals surface area contributed by atoms with Gasteiger partial charge in [0, 0.05) is 15.5 Å². The highest BCUT2D eigenvalue weighted by Crippen LogP contribution is 2.44. The average Bonchev–Trinajstić information content (AvgIpc) is 2.70. The van der Waals surface area contributed by atoms with Crippen LogP contribution in [0.2, 0.25) is 5.02 Å². The van der Waals surface area contributed by atoms with Crippen molar-refractivity contribution < 1.29 is 5.11 Å². The average molecular weight is 308 g/mol. The van der Waals surface area contributed by atoms with E-state index in [9.17, 15) is 5.11 Å². The van der Waals surface area contributed by atoms with E-state index in [1.54, 1.807) is 11.3 Å². The number of aliphatic hydroxyl groups is 1. The van der Waals surface area contributed by atoms with E-state index in [0.29, 0.717) is 0 Å². The van der Waals surface area contributed by atoms with Gasteiger partial charge in [-0.3, -0.25) is 0 Å². The van der Waals surface area contributed by atoms with Crippen LogP contribution in [0.3, 0.4) is 0 Å². The van der Waals surface area contributed by atoms with Crippen molar-refractivity contribution in [1.29, 1.82) is 0 Å². The Morgan fingerprint density at radius 1 is 1.40 bits per heavy atom. The minimum absolute atomic E-state index is 0.241. The summed E-state index contributed by atoms with van der Waals surface area (Å²) in [5.41, 5.74) is 9.57. The Balaban J connectivity index is 2.13. The van der Waals surface area contributed by atoms with Gasteiger partial charge in [0.15, 0.2) is 12.2 Å². The van der Waals surface area contributed by atoms with Crippen LogP contribution in [0, 0.1) is 13.8 Å². The molecule has 0 amide bonds. The molecule has 0 spiro atoms. The first-order valence-electron chi connectivity index (χ1n) is 6.15. The molecule has 0 aliphatic carbocycles. The minimum Gasteiger partial charge on any atom is -0.370 e. The molecule has 20 heavy (non-hydrogen) atoms. The maximum Gasteiger partial charge on any atom is 0.196 e. The lowest BCUT2D eigenvalue weighted by molar-refractivity contribution is 0.188. The van der Waals surface area contributed by atoms with Gasteiger partial charge in [0.25, 0.3) is 0 Å². The van der Waals surface area contributed by atoms with Gasteiger partial charge in [0.1, 0.15) is 5.00 Å². The molecule has 1 atom stereocenters. The molecule has 1 unspecified atom stereocenters. The molecule has 104 valence electrons. The monoisotopic (exact) mass is 307 g/mol. The molecular formula is C14H14ClN3OS. The quantitative estimate of drug-likeness (QED) is 0.756. The molecule has 3 rings (SSSR count). The number of aliphatic hydroxyl groups excluding tert-OH is 1. The van der Waals surface area contributed by atoms with E-state index in [2.05, 4.69) is 10.3 Å². The Morgan fingerprint density at radius 2 is 2.15 bits per heavy atom. The third-order valence-electron chi connectivity index (χ3n) is 3.37. The number of nitrogens with two attached hydrogens (primary N) is 1. The van der Waals surface area contributed by atoms with Gasteiger partial charge in [0.2, 0.25) is 0 Å². The third-order valence-corrected chi connectivity index (χ3v) is 5.07. The van der Waals surface area contributed by atoms with Crippen LogP contribution >= 0.6 is 22.9 Å². The van der Waals surface area contributed by atoms with Gasteiger partial charge >= 0.3 is 0 Å². The van der Waals surface area contributed by atoms with Crippen LogP contribution < -0.4 is 11.1 Å². The van der Waals surface area contributed by atoms with Crippen molar-refractivity contribution in [2.75, 3.05) is 5.32 Å². The standard InChI is InChI=1S/C14H14ClN3OS/c1-6-5-8(3-4-9(6)15)11-7(2)10-12(19)17-14(16)18-13(10)20-11/h3-5,12,19H,1-2H3,(H3,16,17,18). The summed E-state index contributed by atoms with van der Waals surface area (Å²) in [5, 5.41) is 14.7. The van der Waals surface area contributed by atoms with Gasteiger partial charge in [-0.05, 0) is 42.7 Å². The predicted molar refractivity (Wildman–Crippen MR) is 84.4 cm³/mol. The van der Waals surface area contributed by atoms with Gasteiger partial charge in [0.05, 0.1) is 0 Å². The number of aliphatic imine (C=N–C) groups is 1. The van der Waals surface area contributed by atoms with Crippen molar-refractivity contribution in [2.45, 2.75) is 20.1 Å². The van der Waals surface area contributed by atoms with E-state index < -0.39 is 6.23 Å². The van der Waals surface area contributed by atoms with Gasteiger partial charge in [-0.25, -0.2) is 4.99 Å². The first kappa shape index (κ1) is 13.4. The topological polar surface area (TPSA) is 70.6 Å². The second kappa shape index (κ2) is 4.77. The summed E-state index contributed by atoms with van der Waals surface area (Å²) < 4.78 is 0. The van der Waals surface area contributed by atoms with Crippen LogP contribution in [0.25, 0.3) is 10.4 Å². The van der Waals surface area contributed by atoms with E-state index in [0.717, 1.165) is 37.2 Å². The number of fused-ring (bicyclic) bond motifs is 1. The fourth-order valence-electron chi connectivity index (χ4n) is 2.34. The number of anilines is 1. The zero-order valence-electron chi connectivity index (χ0n) is 11.1. The second-order valence-electron chi connectivity index (χ2n) is 4.78. The van der Waals surface area contributed by atoms with E-state index in [1.807, 2.05) is 32.0 Å². The summed E-state index contributed by atoms with van der Waals surface area (Å²) >= 11 is 7.63. The second-order valence-corrected chi connectivity index (χ2v) is 6.20. The number of hydrogen-bond donors (Lipinski definition) is 3. The zero-order chi connectivity index (χ0) is 14.4. The number of thiophene rings is 1. The minimum atomic E-state index is -0.898. The van der Waals surface area contributed by atoms with Crippen molar-refractivity contribution in [1.82, 2.24) is 0 Å². The molecule has 2 aromatic rings. The number of hydrogen-bond acceptors (Lipinski definition) is 5. The summed E-state index contributed by atoms with van der Waals surface area (Å²) in [5.74, 6) is 0.241. The Labute approximate surface area is 125 Å². The molecule has 1 aromatic heterocycles. The molecule has 4 N–H and O–H groups in total. The lowest BCUT2D eigenvalue weighted by Crippen LogP contribution is -2.27. The zero-order valence-corrected chi connectivity index (χ0v) is 12.6. The Bertz CT molecular complexity index is 723. The highest BCUT2D eigenvalue weighted by Gasteiger charge is 2.25. The van der Waals surface area contributed by atoms with Crippen LogP contribution in [-0.4, -0.2) is 11.1 Å². The summed E-state index contributed by atoms with van der Waals surface area (Å²) in [4.78, 5) is 5.04. The summed E-state index contributed by atoms with van der Waals surface area (Å²) in [7, 11) is 0. The van der Waals surface area contributed by atoms with Crippen molar-refractivity contribution in [2.24, 2.45) is 10.7 Å². The van der Waals surface area contributed by atoms with Crippen molar-refractivity contribution in [3.8, 4) is 10.4 Å². The number of halogens is 1. The Hall–Kier alpha value is -1.56. The fourth-order valence-corrected chi connectivity index (χ4v) is 3.69. The Morgan fingerprint density at radius 3 is 2.85 bits per heavy atom. The molecule has 0 saturated heterocycles. The van der Waals surface area contributed by atoms with Crippen LogP contribution in [0.15, 0.2) is 23.2 Å². The number of rotatable bonds is 1. The smallest absolute Gasteiger partial charge is 0.196 e. The lowest BCUT2D eigenvalue weighted by Gasteiger charge is -2.16. The summed E-state index contributed by atoms with van der Waals surface area (Å²) in [6.07, 6.45) is -0.898. The first-order chi connectivity index (χ1) is 9.47. The maximum atomic E-state index is 10.0. The van der Waals surface area contributed by atoms with Crippen LogP contribution in [-0.2, 0) is 0 Å². The van der Waals surface area contributed by atoms with E-state index in [-0.39, 0.29) is 5.96 Å². The molecule has 4 nitrogen and oxygen atoms in total. The molecule has 0 saturated carbocycles. The largest absolute Gasteiger partial charge is 0.370 e. The van der Waals surface area contributed by atoms with Crippen molar-refractivity contribution >= 4 is 33.9 Å². The maximum absolute atomic E-state index is 10.0.